The van der Waals surface area contributed by atoms with Gasteiger partial charge in [-0.1, -0.05) is 0 Å². The molecule has 0 radical (unpaired) electrons. The first-order valence-corrected chi connectivity index (χ1v) is 6.98. The molecule has 2 aromatic rings. The van der Waals surface area contributed by atoms with Crippen molar-refractivity contribution >= 4 is 15.9 Å². The number of nitrogens with one attached hydrogen (secondary N) is 1. The minimum absolute atomic E-state index is 0.528. The molecule has 5 heteroatoms. The molecule has 1 fully saturated rings. The Morgan fingerprint density at radius 1 is 1.17 bits per heavy atom. The third kappa shape index (κ3) is 2.47. The van der Waals surface area contributed by atoms with E-state index in [1.165, 1.54) is 0 Å². The van der Waals surface area contributed by atoms with Crippen molar-refractivity contribution in [3.8, 4) is 11.1 Å². The minimum atomic E-state index is 0.528. The fraction of sp³-hybridized carbons (Fsp3) is 0.385. The van der Waals surface area contributed by atoms with Gasteiger partial charge in [0.1, 0.15) is 0 Å². The zero-order valence-electron chi connectivity index (χ0n) is 10.0. The number of pyridine rings is 1. The Morgan fingerprint density at radius 2 is 2.00 bits per heavy atom. The molecule has 3 rings (SSSR count). The molecule has 4 nitrogen and oxygen atoms in total. The fourth-order valence-corrected chi connectivity index (χ4v) is 2.69. The molecule has 0 spiro atoms. The van der Waals surface area contributed by atoms with Crippen molar-refractivity contribution in [2.75, 3.05) is 13.1 Å². The quantitative estimate of drug-likeness (QED) is 0.927. The summed E-state index contributed by atoms with van der Waals surface area (Å²) >= 11 is 3.44. The maximum absolute atomic E-state index is 4.49. The van der Waals surface area contributed by atoms with E-state index in [2.05, 4.69) is 48.3 Å². The van der Waals surface area contributed by atoms with Crippen LogP contribution in [-0.2, 0) is 0 Å². The molecule has 0 bridgehead atoms. The number of hydrogen-bond donors (Lipinski definition) is 1. The van der Waals surface area contributed by atoms with Gasteiger partial charge in [0, 0.05) is 34.2 Å². The molecule has 1 aliphatic rings. The van der Waals surface area contributed by atoms with E-state index in [0.29, 0.717) is 6.04 Å². The van der Waals surface area contributed by atoms with Gasteiger partial charge in [-0.05, 0) is 47.9 Å². The standard InChI is InChI=1S/C13H15BrN4/c14-12-5-10(6-16-8-12)11-7-17-18(9-11)13-1-3-15-4-2-13/h5-9,13,15H,1-4H2. The number of rotatable bonds is 2. The molecule has 1 N–H and O–H groups in total. The van der Waals surface area contributed by atoms with Crippen molar-refractivity contribution in [3.05, 3.63) is 35.3 Å². The van der Waals surface area contributed by atoms with Crippen LogP contribution in [0.4, 0.5) is 0 Å². The van der Waals surface area contributed by atoms with Gasteiger partial charge in [0.15, 0.2) is 0 Å². The summed E-state index contributed by atoms with van der Waals surface area (Å²) in [6, 6.07) is 2.59. The lowest BCUT2D eigenvalue weighted by molar-refractivity contribution is 0.343. The Hall–Kier alpha value is -1.20. The predicted octanol–water partition coefficient (Wildman–Crippen LogP) is 2.63. The first-order valence-electron chi connectivity index (χ1n) is 6.19. The number of piperidine rings is 1. The van der Waals surface area contributed by atoms with Crippen molar-refractivity contribution in [1.29, 1.82) is 0 Å². The highest BCUT2D eigenvalue weighted by Crippen LogP contribution is 2.24. The monoisotopic (exact) mass is 306 g/mol. The second kappa shape index (κ2) is 5.20. The molecule has 0 atom stereocenters. The average Bonchev–Trinajstić information content (AvgIpc) is 2.89. The van der Waals surface area contributed by atoms with Gasteiger partial charge in [-0.3, -0.25) is 9.67 Å². The molecule has 0 amide bonds. The molecule has 0 unspecified atom stereocenters. The van der Waals surface area contributed by atoms with Gasteiger partial charge in [0.2, 0.25) is 0 Å². The SMILES string of the molecule is Brc1cncc(-c2cnn(C3CCNCC3)c2)c1. The molecular weight excluding hydrogens is 292 g/mol. The predicted molar refractivity (Wildman–Crippen MR) is 74.3 cm³/mol. The van der Waals surface area contributed by atoms with E-state index in [-0.39, 0.29) is 0 Å². The maximum Gasteiger partial charge on any atom is 0.0569 e. The van der Waals surface area contributed by atoms with Crippen LogP contribution in [0.3, 0.4) is 0 Å². The number of halogens is 1. The molecule has 0 aliphatic carbocycles. The summed E-state index contributed by atoms with van der Waals surface area (Å²) in [6.07, 6.45) is 10.0. The van der Waals surface area contributed by atoms with Gasteiger partial charge >= 0.3 is 0 Å². The van der Waals surface area contributed by atoms with E-state index in [4.69, 9.17) is 0 Å². The van der Waals surface area contributed by atoms with Gasteiger partial charge < -0.3 is 5.32 Å². The normalized spacial score (nSPS) is 16.9. The van der Waals surface area contributed by atoms with Crippen LogP contribution in [0, 0.1) is 0 Å². The second-order valence-corrected chi connectivity index (χ2v) is 5.50. The molecule has 1 saturated heterocycles. The Balaban J connectivity index is 1.84. The lowest BCUT2D eigenvalue weighted by Crippen LogP contribution is -2.29. The third-order valence-electron chi connectivity index (χ3n) is 3.32. The molecule has 3 heterocycles. The van der Waals surface area contributed by atoms with E-state index in [1.54, 1.807) is 6.20 Å². The largest absolute Gasteiger partial charge is 0.317 e. The van der Waals surface area contributed by atoms with Crippen LogP contribution in [0.1, 0.15) is 18.9 Å². The highest BCUT2D eigenvalue weighted by Gasteiger charge is 2.15. The molecule has 0 aromatic carbocycles. The summed E-state index contributed by atoms with van der Waals surface area (Å²) in [5, 5.41) is 7.86. The van der Waals surface area contributed by atoms with Gasteiger partial charge in [0.05, 0.1) is 12.2 Å². The van der Waals surface area contributed by atoms with Gasteiger partial charge in [-0.15, -0.1) is 0 Å². The van der Waals surface area contributed by atoms with Crippen molar-refractivity contribution < 1.29 is 0 Å². The van der Waals surface area contributed by atoms with Crippen LogP contribution in [0.2, 0.25) is 0 Å². The molecule has 1 aliphatic heterocycles. The summed E-state index contributed by atoms with van der Waals surface area (Å²) in [6.45, 7) is 2.16. The molecule has 18 heavy (non-hydrogen) atoms. The van der Waals surface area contributed by atoms with Crippen LogP contribution in [0.5, 0.6) is 0 Å². The van der Waals surface area contributed by atoms with E-state index in [0.717, 1.165) is 41.5 Å². The lowest BCUT2D eigenvalue weighted by atomic mass is 10.1. The van der Waals surface area contributed by atoms with E-state index >= 15 is 0 Å². The second-order valence-electron chi connectivity index (χ2n) is 4.58. The third-order valence-corrected chi connectivity index (χ3v) is 3.76. The zero-order valence-corrected chi connectivity index (χ0v) is 11.6. The van der Waals surface area contributed by atoms with Gasteiger partial charge in [-0.2, -0.15) is 5.10 Å². The van der Waals surface area contributed by atoms with Crippen molar-refractivity contribution in [3.63, 3.8) is 0 Å². The van der Waals surface area contributed by atoms with Crippen molar-refractivity contribution in [2.45, 2.75) is 18.9 Å². The molecule has 2 aromatic heterocycles. The van der Waals surface area contributed by atoms with Crippen LogP contribution in [0.15, 0.2) is 35.3 Å². The molecule has 94 valence electrons. The Labute approximate surface area is 115 Å². The average molecular weight is 307 g/mol. The smallest absolute Gasteiger partial charge is 0.0569 e. The fourth-order valence-electron chi connectivity index (χ4n) is 2.33. The van der Waals surface area contributed by atoms with E-state index in [9.17, 15) is 0 Å². The molecular formula is C13H15BrN4. The minimum Gasteiger partial charge on any atom is -0.317 e. The Kier molecular flexibility index (Phi) is 3.43. The van der Waals surface area contributed by atoms with Crippen LogP contribution in [-0.4, -0.2) is 27.9 Å². The van der Waals surface area contributed by atoms with E-state index < -0.39 is 0 Å². The molecule has 0 saturated carbocycles. The highest BCUT2D eigenvalue weighted by atomic mass is 79.9. The Bertz CT molecular complexity index is 531. The first kappa shape index (κ1) is 11.9. The topological polar surface area (TPSA) is 42.7 Å². The summed E-state index contributed by atoms with van der Waals surface area (Å²) < 4.78 is 3.09. The van der Waals surface area contributed by atoms with Gasteiger partial charge in [0.25, 0.3) is 0 Å². The summed E-state index contributed by atoms with van der Waals surface area (Å²) in [5.41, 5.74) is 2.23. The number of hydrogen-bond acceptors (Lipinski definition) is 3. The van der Waals surface area contributed by atoms with E-state index in [1.807, 2.05) is 12.4 Å². The number of aromatic nitrogens is 3. The van der Waals surface area contributed by atoms with Gasteiger partial charge in [-0.25, -0.2) is 0 Å². The highest BCUT2D eigenvalue weighted by molar-refractivity contribution is 9.10. The van der Waals surface area contributed by atoms with Crippen LogP contribution >= 0.6 is 15.9 Å². The number of nitrogens with zero attached hydrogens (tertiary/aromatic N) is 3. The first-order chi connectivity index (χ1) is 8.83. The Morgan fingerprint density at radius 3 is 2.78 bits per heavy atom. The van der Waals surface area contributed by atoms with Crippen molar-refractivity contribution in [2.24, 2.45) is 0 Å². The lowest BCUT2D eigenvalue weighted by Gasteiger charge is -2.22. The zero-order chi connectivity index (χ0) is 12.4. The van der Waals surface area contributed by atoms with Crippen molar-refractivity contribution in [1.82, 2.24) is 20.1 Å². The summed E-state index contributed by atoms with van der Waals surface area (Å²) in [4.78, 5) is 4.19. The summed E-state index contributed by atoms with van der Waals surface area (Å²) in [7, 11) is 0. The van der Waals surface area contributed by atoms with Crippen LogP contribution < -0.4 is 5.32 Å². The summed E-state index contributed by atoms with van der Waals surface area (Å²) in [5.74, 6) is 0. The van der Waals surface area contributed by atoms with Crippen LogP contribution in [0.25, 0.3) is 11.1 Å². The maximum atomic E-state index is 4.49.